The van der Waals surface area contributed by atoms with Crippen LogP contribution in [0, 0.1) is 13.8 Å². The van der Waals surface area contributed by atoms with Crippen LogP contribution in [0.4, 0.5) is 0 Å². The van der Waals surface area contributed by atoms with E-state index in [2.05, 4.69) is 105 Å². The van der Waals surface area contributed by atoms with Gasteiger partial charge in [0.1, 0.15) is 22.5 Å². The highest BCUT2D eigenvalue weighted by Crippen LogP contribution is 2.47. The predicted octanol–water partition coefficient (Wildman–Crippen LogP) is 11.6. The van der Waals surface area contributed by atoms with Crippen LogP contribution in [0.2, 0.25) is 0 Å². The van der Waals surface area contributed by atoms with Gasteiger partial charge < -0.3 is 10.2 Å². The van der Waals surface area contributed by atoms with Crippen molar-refractivity contribution in [3.63, 3.8) is 0 Å². The van der Waals surface area contributed by atoms with Crippen LogP contribution in [0.3, 0.4) is 0 Å². The summed E-state index contributed by atoms with van der Waals surface area (Å²) in [5, 5.41) is 28.2. The lowest BCUT2D eigenvalue weighted by molar-refractivity contribution is 0.476. The molecule has 0 aliphatic heterocycles. The average Bonchev–Trinajstić information content (AvgIpc) is 3.08. The fourth-order valence-corrected chi connectivity index (χ4v) is 7.85. The van der Waals surface area contributed by atoms with Crippen LogP contribution in [0.5, 0.6) is 11.5 Å². The highest BCUT2D eigenvalue weighted by atomic mass is 79.9. The largest absolute Gasteiger partial charge is 0.505 e. The van der Waals surface area contributed by atoms with Crippen molar-refractivity contribution in [3.05, 3.63) is 129 Å². The molecule has 0 aliphatic carbocycles. The normalized spacial score (nSPS) is 11.7. The minimum atomic E-state index is 0.176. The van der Waals surface area contributed by atoms with Gasteiger partial charge in [-0.3, -0.25) is 0 Å². The van der Waals surface area contributed by atoms with E-state index in [4.69, 9.17) is 9.97 Å². The minimum Gasteiger partial charge on any atom is -0.505 e. The van der Waals surface area contributed by atoms with Crippen molar-refractivity contribution in [1.82, 2.24) is 9.97 Å². The van der Waals surface area contributed by atoms with Crippen LogP contribution in [-0.4, -0.2) is 20.2 Å². The molecule has 4 nitrogen and oxygen atoms in total. The zero-order chi connectivity index (χ0) is 31.7. The van der Waals surface area contributed by atoms with E-state index in [1.54, 1.807) is 0 Å². The van der Waals surface area contributed by atoms with Crippen molar-refractivity contribution in [3.8, 4) is 45.1 Å². The molecule has 0 saturated carbocycles. The zero-order valence-corrected chi connectivity index (χ0v) is 28.1. The van der Waals surface area contributed by atoms with E-state index in [-0.39, 0.29) is 11.5 Å². The molecule has 46 heavy (non-hydrogen) atoms. The van der Waals surface area contributed by atoms with Crippen LogP contribution in [0.25, 0.3) is 77.0 Å². The molecule has 0 radical (unpaired) electrons. The quantitative estimate of drug-likeness (QED) is 0.190. The Balaban J connectivity index is 1.50. The maximum Gasteiger partial charge on any atom is 0.144 e. The fraction of sp³-hybridized carbons (Fsp3) is 0.0500. The Morgan fingerprint density at radius 2 is 0.891 bits per heavy atom. The molecule has 8 aromatic rings. The third-order valence-electron chi connectivity index (χ3n) is 8.85. The molecule has 0 fully saturated rings. The molecular weight excluding hydrogens is 700 g/mol. The monoisotopic (exact) mass is 724 g/mol. The Labute approximate surface area is 282 Å². The first-order chi connectivity index (χ1) is 22.3. The lowest BCUT2D eigenvalue weighted by Gasteiger charge is -2.20. The summed E-state index contributed by atoms with van der Waals surface area (Å²) in [4.78, 5) is 10.2. The first-order valence-corrected chi connectivity index (χ1v) is 16.5. The summed E-state index contributed by atoms with van der Waals surface area (Å²) in [7, 11) is 0. The van der Waals surface area contributed by atoms with E-state index in [0.717, 1.165) is 86.0 Å². The summed E-state index contributed by atoms with van der Waals surface area (Å²) in [6, 6.07) is 37.2. The highest BCUT2D eigenvalue weighted by Gasteiger charge is 2.22. The smallest absolute Gasteiger partial charge is 0.144 e. The van der Waals surface area contributed by atoms with Crippen molar-refractivity contribution in [2.75, 3.05) is 0 Å². The number of pyridine rings is 2. The van der Waals surface area contributed by atoms with Gasteiger partial charge in [0.25, 0.3) is 0 Å². The van der Waals surface area contributed by atoms with Crippen molar-refractivity contribution in [2.45, 2.75) is 13.8 Å². The number of fused-ring (bicyclic) bond motifs is 4. The SMILES string of the molecule is Cc1cc(Br)c2ccc(-c3ccc4ccccc4c3-c3c(-c4ccc5c(Br)cc(C)c(O)c5n4)ccc4ccccc34)nc2c1O. The van der Waals surface area contributed by atoms with Crippen LogP contribution in [0.1, 0.15) is 11.1 Å². The van der Waals surface area contributed by atoms with Gasteiger partial charge >= 0.3 is 0 Å². The van der Waals surface area contributed by atoms with Crippen LogP contribution < -0.4 is 0 Å². The molecule has 0 spiro atoms. The summed E-state index contributed by atoms with van der Waals surface area (Å²) in [6.45, 7) is 3.76. The lowest BCUT2D eigenvalue weighted by atomic mass is 9.85. The summed E-state index contributed by atoms with van der Waals surface area (Å²) in [5.74, 6) is 0.352. The van der Waals surface area contributed by atoms with Crippen molar-refractivity contribution in [1.29, 1.82) is 0 Å². The number of aromatic nitrogens is 2. The van der Waals surface area contributed by atoms with Gasteiger partial charge in [-0.25, -0.2) is 9.97 Å². The molecule has 0 amide bonds. The van der Waals surface area contributed by atoms with Crippen LogP contribution in [0.15, 0.2) is 118 Å². The summed E-state index contributed by atoms with van der Waals surface area (Å²) in [6.07, 6.45) is 0. The maximum atomic E-state index is 11.1. The third kappa shape index (κ3) is 4.47. The first kappa shape index (κ1) is 28.7. The number of nitrogens with zero attached hydrogens (tertiary/aromatic N) is 2. The van der Waals surface area contributed by atoms with E-state index in [0.29, 0.717) is 11.0 Å². The van der Waals surface area contributed by atoms with Gasteiger partial charge in [0, 0.05) is 42.0 Å². The maximum absolute atomic E-state index is 11.1. The molecule has 0 unspecified atom stereocenters. The van der Waals surface area contributed by atoms with E-state index in [1.807, 2.05) is 50.2 Å². The second-order valence-electron chi connectivity index (χ2n) is 11.7. The number of halogens is 2. The number of hydrogen-bond donors (Lipinski definition) is 2. The second kappa shape index (κ2) is 10.9. The van der Waals surface area contributed by atoms with Crippen LogP contribution >= 0.6 is 31.9 Å². The molecule has 2 heterocycles. The molecule has 2 aromatic heterocycles. The van der Waals surface area contributed by atoms with E-state index >= 15 is 0 Å². The summed E-state index contributed by atoms with van der Waals surface area (Å²) in [5.41, 5.74) is 8.06. The molecule has 0 saturated heterocycles. The zero-order valence-electron chi connectivity index (χ0n) is 24.9. The Morgan fingerprint density at radius 1 is 0.478 bits per heavy atom. The van der Waals surface area contributed by atoms with E-state index in [9.17, 15) is 10.2 Å². The van der Waals surface area contributed by atoms with Gasteiger partial charge in [0.2, 0.25) is 0 Å². The van der Waals surface area contributed by atoms with Gasteiger partial charge in [0.05, 0.1) is 11.4 Å². The minimum absolute atomic E-state index is 0.176. The molecule has 2 N–H and O–H groups in total. The van der Waals surface area contributed by atoms with Crippen LogP contribution in [-0.2, 0) is 0 Å². The van der Waals surface area contributed by atoms with Gasteiger partial charge in [-0.1, -0.05) is 105 Å². The average molecular weight is 726 g/mol. The standard InChI is InChI=1S/C40H26Br2N2O2/c1-21-19-31(41)27-15-17-33(43-37(27)39(21)45)29-13-11-23-7-3-5-9-25(23)35(29)36-26-10-6-4-8-24(26)12-14-30(36)34-18-16-28-32(42)20-22(2)40(46)38(28)44-34/h3-20,45-46H,1-2H3. The second-order valence-corrected chi connectivity index (χ2v) is 13.4. The molecule has 8 rings (SSSR count). The van der Waals surface area contributed by atoms with E-state index in [1.165, 1.54) is 0 Å². The van der Waals surface area contributed by atoms with E-state index < -0.39 is 0 Å². The molecule has 222 valence electrons. The van der Waals surface area contributed by atoms with Gasteiger partial charge in [0.15, 0.2) is 0 Å². The number of aromatic hydroxyl groups is 2. The molecule has 0 bridgehead atoms. The Kier molecular flexibility index (Phi) is 6.82. The Hall–Kier alpha value is -4.78. The molecular formula is C40H26Br2N2O2. The molecule has 0 atom stereocenters. The summed E-state index contributed by atoms with van der Waals surface area (Å²) >= 11 is 7.32. The van der Waals surface area contributed by atoms with Gasteiger partial charge in [-0.2, -0.15) is 0 Å². The number of rotatable bonds is 3. The number of hydrogen-bond acceptors (Lipinski definition) is 4. The molecule has 6 heteroatoms. The number of aryl methyl sites for hydroxylation is 2. The topological polar surface area (TPSA) is 66.2 Å². The molecule has 6 aromatic carbocycles. The third-order valence-corrected chi connectivity index (χ3v) is 10.2. The number of phenolic OH excluding ortho intramolecular Hbond substituents is 2. The van der Waals surface area contributed by atoms with Crippen molar-refractivity contribution >= 4 is 75.2 Å². The fourth-order valence-electron chi connectivity index (χ4n) is 6.52. The number of benzene rings is 6. The van der Waals surface area contributed by atoms with Crippen molar-refractivity contribution in [2.24, 2.45) is 0 Å². The van der Waals surface area contributed by atoms with Gasteiger partial charge in [-0.05, 0) is 82.9 Å². The van der Waals surface area contributed by atoms with Crippen molar-refractivity contribution < 1.29 is 10.2 Å². The Bertz CT molecular complexity index is 2380. The molecule has 0 aliphatic rings. The summed E-state index contributed by atoms with van der Waals surface area (Å²) < 4.78 is 1.78. The highest BCUT2D eigenvalue weighted by molar-refractivity contribution is 9.11. The predicted molar refractivity (Wildman–Crippen MR) is 197 cm³/mol. The van der Waals surface area contributed by atoms with Gasteiger partial charge in [-0.15, -0.1) is 0 Å². The number of phenols is 2. The lowest BCUT2D eigenvalue weighted by Crippen LogP contribution is -1.96. The Morgan fingerprint density at radius 3 is 1.33 bits per heavy atom. The first-order valence-electron chi connectivity index (χ1n) is 14.9.